The number of aromatic nitrogens is 2. The van der Waals surface area contributed by atoms with Gasteiger partial charge in [0.1, 0.15) is 6.54 Å². The Morgan fingerprint density at radius 3 is 2.43 bits per heavy atom. The number of likely N-dealkylation sites (tertiary alicyclic amines) is 1. The van der Waals surface area contributed by atoms with Gasteiger partial charge in [-0.15, -0.1) is 0 Å². The van der Waals surface area contributed by atoms with Crippen LogP contribution in [0.4, 0.5) is 13.2 Å². The molecule has 1 aliphatic rings. The van der Waals surface area contributed by atoms with E-state index in [9.17, 15) is 18.0 Å². The highest BCUT2D eigenvalue weighted by Gasteiger charge is 2.34. The molecule has 5 nitrogen and oxygen atoms in total. The number of nitrogens with two attached hydrogens (primary N) is 1. The summed E-state index contributed by atoms with van der Waals surface area (Å²) in [5, 5.41) is 3.46. The molecule has 1 saturated heterocycles. The molecule has 1 amide bonds. The number of hydrogen-bond acceptors (Lipinski definition) is 3. The van der Waals surface area contributed by atoms with Crippen molar-refractivity contribution in [2.75, 3.05) is 13.1 Å². The molecule has 2 N–H and O–H groups in total. The van der Waals surface area contributed by atoms with Crippen LogP contribution in [0.25, 0.3) is 0 Å². The van der Waals surface area contributed by atoms with Crippen LogP contribution < -0.4 is 5.73 Å². The lowest BCUT2D eigenvalue weighted by atomic mass is 9.97. The fraction of sp³-hybridized carbons (Fsp3) is 0.615. The van der Waals surface area contributed by atoms with Gasteiger partial charge in [-0.2, -0.15) is 31.8 Å². The average molecular weight is 368 g/mol. The summed E-state index contributed by atoms with van der Waals surface area (Å²) in [5.41, 5.74) is 4.91. The van der Waals surface area contributed by atoms with Gasteiger partial charge in [-0.3, -0.25) is 9.48 Å². The Morgan fingerprint density at radius 2 is 2.00 bits per heavy atom. The third-order valence-corrected chi connectivity index (χ3v) is 4.14. The van der Waals surface area contributed by atoms with Crippen LogP contribution in [0.3, 0.4) is 0 Å². The normalized spacial score (nSPS) is 16.1. The largest absolute Gasteiger partial charge is 0.435 e. The first-order valence-corrected chi connectivity index (χ1v) is 7.28. The number of hydrogen-bond donors (Lipinski definition) is 1. The zero-order valence-corrected chi connectivity index (χ0v) is 14.4. The summed E-state index contributed by atoms with van der Waals surface area (Å²) in [5.74, 6) is -0.122. The van der Waals surface area contributed by atoms with Gasteiger partial charge in [0, 0.05) is 24.7 Å². The summed E-state index contributed by atoms with van der Waals surface area (Å²) in [6.07, 6.45) is -3.13. The first-order valence-electron chi connectivity index (χ1n) is 6.87. The second kappa shape index (κ2) is 7.52. The molecule has 1 fully saturated rings. The van der Waals surface area contributed by atoms with Crippen molar-refractivity contribution < 1.29 is 18.0 Å². The van der Waals surface area contributed by atoms with Crippen LogP contribution in [0.2, 0.25) is 0 Å². The van der Waals surface area contributed by atoms with Crippen molar-refractivity contribution in [3.63, 3.8) is 0 Å². The highest BCUT2D eigenvalue weighted by atomic mass is 32.1. The maximum Gasteiger partial charge on any atom is 0.435 e. The van der Waals surface area contributed by atoms with Gasteiger partial charge in [0.15, 0.2) is 5.69 Å². The maximum atomic E-state index is 12.6. The van der Waals surface area contributed by atoms with Crippen LogP contribution in [-0.2, 0) is 17.5 Å². The van der Waals surface area contributed by atoms with E-state index >= 15 is 0 Å². The van der Waals surface area contributed by atoms with Crippen LogP contribution in [0, 0.1) is 12.8 Å². The van der Waals surface area contributed by atoms with Crippen LogP contribution >= 0.6 is 25.7 Å². The molecular weight excluding hydrogens is 349 g/mol. The van der Waals surface area contributed by atoms with Crippen molar-refractivity contribution in [2.45, 2.75) is 32.5 Å². The van der Waals surface area contributed by atoms with Crippen molar-refractivity contribution >= 4 is 36.6 Å². The zero-order chi connectivity index (χ0) is 16.5. The summed E-state index contributed by atoms with van der Waals surface area (Å²) in [4.78, 5) is 14.2. The lowest BCUT2D eigenvalue weighted by Gasteiger charge is -2.31. The molecular formula is C13H19F3N4OS2. The monoisotopic (exact) mass is 368 g/mol. The summed E-state index contributed by atoms with van der Waals surface area (Å²) in [6, 6.07) is 0.937. The predicted octanol–water partition coefficient (Wildman–Crippen LogP) is 1.85. The minimum Gasteiger partial charge on any atom is -0.393 e. The molecule has 0 atom stereocenters. The van der Waals surface area contributed by atoms with Gasteiger partial charge in [0.05, 0.1) is 4.99 Å². The summed E-state index contributed by atoms with van der Waals surface area (Å²) in [6.45, 7) is 2.31. The topological polar surface area (TPSA) is 64.2 Å². The number of thiocarbonyl (C=S) groups is 1. The minimum atomic E-state index is -4.51. The Hall–Kier alpha value is -1.29. The Kier molecular flexibility index (Phi) is 6.46. The van der Waals surface area contributed by atoms with E-state index in [1.165, 1.54) is 6.92 Å². The van der Waals surface area contributed by atoms with E-state index in [1.807, 2.05) is 0 Å². The number of aryl methyl sites for hydroxylation is 1. The zero-order valence-electron chi connectivity index (χ0n) is 12.6. The number of halogens is 3. The van der Waals surface area contributed by atoms with Crippen molar-refractivity contribution in [1.29, 1.82) is 0 Å². The van der Waals surface area contributed by atoms with E-state index in [0.29, 0.717) is 36.6 Å². The molecule has 130 valence electrons. The number of alkyl halides is 3. The molecule has 2 rings (SSSR count). The Morgan fingerprint density at radius 1 is 1.43 bits per heavy atom. The van der Waals surface area contributed by atoms with Gasteiger partial charge in [-0.1, -0.05) is 12.2 Å². The third-order valence-electron chi connectivity index (χ3n) is 3.81. The van der Waals surface area contributed by atoms with Gasteiger partial charge < -0.3 is 10.6 Å². The minimum absolute atomic E-state index is 0. The SMILES string of the molecule is Cc1cc(C(F)(F)F)nn1CC(=O)N1CCC(C(N)=S)CC1.S. The highest BCUT2D eigenvalue weighted by Crippen LogP contribution is 2.28. The van der Waals surface area contributed by atoms with Crippen molar-refractivity contribution in [3.8, 4) is 0 Å². The maximum absolute atomic E-state index is 12.6. The van der Waals surface area contributed by atoms with Crippen LogP contribution in [0.5, 0.6) is 0 Å². The summed E-state index contributed by atoms with van der Waals surface area (Å²) < 4.78 is 38.9. The number of piperidine rings is 1. The number of nitrogens with zero attached hydrogens (tertiary/aromatic N) is 3. The molecule has 0 saturated carbocycles. The van der Waals surface area contributed by atoms with E-state index in [2.05, 4.69) is 5.10 Å². The molecule has 23 heavy (non-hydrogen) atoms. The van der Waals surface area contributed by atoms with E-state index in [1.54, 1.807) is 4.90 Å². The van der Waals surface area contributed by atoms with E-state index in [0.717, 1.165) is 10.7 Å². The molecule has 0 bridgehead atoms. The first kappa shape index (κ1) is 19.8. The van der Waals surface area contributed by atoms with E-state index < -0.39 is 11.9 Å². The summed E-state index contributed by atoms with van der Waals surface area (Å²) >= 11 is 4.93. The Bertz CT molecular complexity index is 580. The second-order valence-corrected chi connectivity index (χ2v) is 5.86. The van der Waals surface area contributed by atoms with Crippen molar-refractivity contribution in [1.82, 2.24) is 14.7 Å². The molecule has 0 radical (unpaired) electrons. The second-order valence-electron chi connectivity index (χ2n) is 5.38. The van der Waals surface area contributed by atoms with Gasteiger partial charge in [-0.05, 0) is 25.8 Å². The van der Waals surface area contributed by atoms with Crippen molar-refractivity contribution in [3.05, 3.63) is 17.5 Å². The Balaban J connectivity index is 0.00000264. The number of rotatable bonds is 3. The molecule has 1 aromatic rings. The fourth-order valence-electron chi connectivity index (χ4n) is 2.45. The van der Waals surface area contributed by atoms with Crippen molar-refractivity contribution in [2.24, 2.45) is 11.7 Å². The number of amides is 1. The van der Waals surface area contributed by atoms with Crippen LogP contribution in [0.1, 0.15) is 24.2 Å². The summed E-state index contributed by atoms with van der Waals surface area (Å²) in [7, 11) is 0. The quantitative estimate of drug-likeness (QED) is 0.827. The average Bonchev–Trinajstić information content (AvgIpc) is 2.80. The predicted molar refractivity (Wildman–Crippen MR) is 88.4 cm³/mol. The third kappa shape index (κ3) is 4.84. The molecule has 2 heterocycles. The standard InChI is InChI=1S/C13H17F3N4OS.H2S/c1-8-6-10(13(14,15)16)18-20(8)7-11(21)19-4-2-9(3-5-19)12(17)22;/h6,9H,2-5,7H2,1H3,(H2,17,22);1H2. The number of carbonyl (C=O) groups is 1. The van der Waals surface area contributed by atoms with Crippen LogP contribution in [0.15, 0.2) is 6.07 Å². The smallest absolute Gasteiger partial charge is 0.393 e. The lowest BCUT2D eigenvalue weighted by molar-refractivity contribution is -0.142. The van der Waals surface area contributed by atoms with Gasteiger partial charge in [-0.25, -0.2) is 0 Å². The molecule has 0 aromatic carbocycles. The lowest BCUT2D eigenvalue weighted by Crippen LogP contribution is -2.42. The molecule has 0 aliphatic carbocycles. The fourth-order valence-corrected chi connectivity index (χ4v) is 2.69. The molecule has 1 aliphatic heterocycles. The van der Waals surface area contributed by atoms with Crippen LogP contribution in [-0.4, -0.2) is 38.7 Å². The first-order chi connectivity index (χ1) is 10.2. The molecule has 0 spiro atoms. The molecule has 1 aromatic heterocycles. The van der Waals surface area contributed by atoms with Gasteiger partial charge in [0.25, 0.3) is 0 Å². The van der Waals surface area contributed by atoms with E-state index in [4.69, 9.17) is 18.0 Å². The Labute approximate surface area is 144 Å². The molecule has 10 heteroatoms. The van der Waals surface area contributed by atoms with Gasteiger partial charge >= 0.3 is 6.18 Å². The number of carbonyl (C=O) groups excluding carboxylic acids is 1. The molecule has 0 unspecified atom stereocenters. The van der Waals surface area contributed by atoms with Gasteiger partial charge in [0.2, 0.25) is 5.91 Å². The van der Waals surface area contributed by atoms with E-state index in [-0.39, 0.29) is 31.9 Å². The highest BCUT2D eigenvalue weighted by molar-refractivity contribution is 7.80.